The van der Waals surface area contributed by atoms with E-state index in [1.54, 1.807) is 0 Å². The van der Waals surface area contributed by atoms with E-state index < -0.39 is 12.0 Å². The van der Waals surface area contributed by atoms with Crippen LogP contribution in [0.15, 0.2) is 0 Å². The van der Waals surface area contributed by atoms with Crippen molar-refractivity contribution in [2.45, 2.75) is 37.8 Å². The van der Waals surface area contributed by atoms with Crippen LogP contribution in [-0.4, -0.2) is 54.2 Å². The predicted molar refractivity (Wildman–Crippen MR) is 61.5 cm³/mol. The molecule has 0 radical (unpaired) electrons. The second-order valence-corrected chi connectivity index (χ2v) is 4.23. The number of likely N-dealkylation sites (tertiary alicyclic amines) is 1. The van der Waals surface area contributed by atoms with E-state index in [-0.39, 0.29) is 25.0 Å². The van der Waals surface area contributed by atoms with Gasteiger partial charge >= 0.3 is 5.97 Å². The first-order chi connectivity index (χ1) is 8.10. The van der Waals surface area contributed by atoms with Crippen molar-refractivity contribution in [3.63, 3.8) is 0 Å². The molecule has 1 unspecified atom stereocenters. The van der Waals surface area contributed by atoms with Crippen LogP contribution in [0, 0.1) is 0 Å². The maximum atomic E-state index is 12.0. The average Bonchev–Trinajstić information content (AvgIpc) is 2.35. The van der Waals surface area contributed by atoms with E-state index in [1.165, 1.54) is 12.0 Å². The van der Waals surface area contributed by atoms with Crippen molar-refractivity contribution in [2.75, 3.05) is 20.2 Å². The number of hydrogen-bond acceptors (Lipinski definition) is 4. The summed E-state index contributed by atoms with van der Waals surface area (Å²) in [5.41, 5.74) is 5.44. The topological polar surface area (TPSA) is 92.9 Å². The number of carboxylic acids is 1. The molecule has 17 heavy (non-hydrogen) atoms. The highest BCUT2D eigenvalue weighted by atomic mass is 16.5. The summed E-state index contributed by atoms with van der Waals surface area (Å²) in [4.78, 5) is 24.5. The van der Waals surface area contributed by atoms with E-state index in [9.17, 15) is 9.59 Å². The maximum Gasteiger partial charge on any atom is 0.326 e. The molecule has 6 heteroatoms. The van der Waals surface area contributed by atoms with Crippen molar-refractivity contribution < 1.29 is 19.4 Å². The maximum absolute atomic E-state index is 12.0. The van der Waals surface area contributed by atoms with E-state index >= 15 is 0 Å². The number of carbonyl (C=O) groups excluding carboxylic acids is 1. The Labute approximate surface area is 101 Å². The first-order valence-corrected chi connectivity index (χ1v) is 5.85. The lowest BCUT2D eigenvalue weighted by Crippen LogP contribution is -2.49. The van der Waals surface area contributed by atoms with Crippen molar-refractivity contribution in [1.29, 1.82) is 0 Å². The lowest BCUT2D eigenvalue weighted by molar-refractivity contribution is -0.153. The third-order valence-corrected chi connectivity index (χ3v) is 3.11. The summed E-state index contributed by atoms with van der Waals surface area (Å²) in [5, 5.41) is 9.06. The second-order valence-electron chi connectivity index (χ2n) is 4.23. The summed E-state index contributed by atoms with van der Waals surface area (Å²) in [6, 6.07) is -0.688. The Morgan fingerprint density at radius 3 is 2.76 bits per heavy atom. The summed E-state index contributed by atoms with van der Waals surface area (Å²) in [5.74, 6) is -1.12. The van der Waals surface area contributed by atoms with Crippen LogP contribution in [0.2, 0.25) is 0 Å². The molecule has 1 saturated heterocycles. The molecule has 0 aromatic rings. The van der Waals surface area contributed by atoms with E-state index in [4.69, 9.17) is 15.6 Å². The Balaban J connectivity index is 2.61. The fraction of sp³-hybridized carbons (Fsp3) is 0.818. The van der Waals surface area contributed by atoms with Gasteiger partial charge in [-0.1, -0.05) is 0 Å². The highest BCUT2D eigenvalue weighted by Gasteiger charge is 2.32. The number of aliphatic carboxylic acids is 1. The zero-order chi connectivity index (χ0) is 12.8. The fourth-order valence-corrected chi connectivity index (χ4v) is 2.06. The molecule has 2 atom stereocenters. The third kappa shape index (κ3) is 3.67. The number of hydrogen-bond donors (Lipinski definition) is 2. The van der Waals surface area contributed by atoms with Gasteiger partial charge in [0.25, 0.3) is 0 Å². The molecule has 0 aromatic heterocycles. The number of rotatable bonds is 5. The number of ether oxygens (including phenoxy) is 1. The van der Waals surface area contributed by atoms with Crippen LogP contribution < -0.4 is 5.73 Å². The molecule has 0 aliphatic carbocycles. The lowest BCUT2D eigenvalue weighted by atomic mass is 10.0. The van der Waals surface area contributed by atoms with E-state index in [2.05, 4.69) is 0 Å². The molecule has 0 saturated carbocycles. The van der Waals surface area contributed by atoms with Gasteiger partial charge in [0.1, 0.15) is 6.04 Å². The Bertz CT molecular complexity index is 279. The van der Waals surface area contributed by atoms with Gasteiger partial charge in [-0.3, -0.25) is 4.79 Å². The van der Waals surface area contributed by atoms with Crippen LogP contribution in [0.5, 0.6) is 0 Å². The van der Waals surface area contributed by atoms with Gasteiger partial charge in [-0.05, 0) is 19.3 Å². The highest BCUT2D eigenvalue weighted by Crippen LogP contribution is 2.18. The summed E-state index contributed by atoms with van der Waals surface area (Å²) in [7, 11) is 1.50. The molecular formula is C11H20N2O4. The second kappa shape index (κ2) is 6.56. The Hall–Kier alpha value is -1.14. The summed E-state index contributed by atoms with van der Waals surface area (Å²) < 4.78 is 5.04. The van der Waals surface area contributed by atoms with Crippen LogP contribution in [0.25, 0.3) is 0 Å². The molecule has 98 valence electrons. The molecule has 6 nitrogen and oxygen atoms in total. The average molecular weight is 244 g/mol. The van der Waals surface area contributed by atoms with Gasteiger partial charge in [0, 0.05) is 20.2 Å². The molecule has 3 N–H and O–H groups in total. The van der Waals surface area contributed by atoms with Crippen molar-refractivity contribution in [1.82, 2.24) is 4.90 Å². The Morgan fingerprint density at radius 2 is 2.24 bits per heavy atom. The summed E-state index contributed by atoms with van der Waals surface area (Å²) in [6.45, 7) is 0.768. The minimum Gasteiger partial charge on any atom is -0.480 e. The van der Waals surface area contributed by atoms with Gasteiger partial charge in [-0.2, -0.15) is 0 Å². The van der Waals surface area contributed by atoms with Crippen molar-refractivity contribution in [3.05, 3.63) is 0 Å². The van der Waals surface area contributed by atoms with Crippen molar-refractivity contribution >= 4 is 11.9 Å². The number of amides is 1. The molecule has 1 fully saturated rings. The predicted octanol–water partition coefficient (Wildman–Crippen LogP) is -0.184. The molecule has 0 bridgehead atoms. The number of nitrogens with zero attached hydrogens (tertiary/aromatic N) is 1. The van der Waals surface area contributed by atoms with Gasteiger partial charge in [-0.25, -0.2) is 4.79 Å². The van der Waals surface area contributed by atoms with Crippen LogP contribution in [-0.2, 0) is 14.3 Å². The summed E-state index contributed by atoms with van der Waals surface area (Å²) >= 11 is 0. The van der Waals surface area contributed by atoms with Gasteiger partial charge < -0.3 is 20.5 Å². The van der Waals surface area contributed by atoms with Crippen LogP contribution in [0.1, 0.15) is 25.7 Å². The zero-order valence-electron chi connectivity index (χ0n) is 10.1. The number of piperidine rings is 1. The van der Waals surface area contributed by atoms with E-state index in [0.717, 1.165) is 12.8 Å². The van der Waals surface area contributed by atoms with Crippen LogP contribution in [0.3, 0.4) is 0 Å². The number of carboxylic acid groups (broad SMARTS) is 1. The smallest absolute Gasteiger partial charge is 0.326 e. The van der Waals surface area contributed by atoms with Gasteiger partial charge in [0.05, 0.1) is 12.5 Å². The largest absolute Gasteiger partial charge is 0.480 e. The van der Waals surface area contributed by atoms with Gasteiger partial charge in [0.2, 0.25) is 5.91 Å². The van der Waals surface area contributed by atoms with Crippen LogP contribution >= 0.6 is 0 Å². The first kappa shape index (κ1) is 13.9. The quantitative estimate of drug-likeness (QED) is 0.699. The number of nitrogens with two attached hydrogens (primary N) is 1. The lowest BCUT2D eigenvalue weighted by Gasteiger charge is -2.33. The first-order valence-electron chi connectivity index (χ1n) is 5.85. The number of carbonyl (C=O) groups is 2. The van der Waals surface area contributed by atoms with Crippen molar-refractivity contribution in [2.24, 2.45) is 5.73 Å². The van der Waals surface area contributed by atoms with Gasteiger partial charge in [-0.15, -0.1) is 0 Å². The molecule has 0 aromatic carbocycles. The van der Waals surface area contributed by atoms with Crippen molar-refractivity contribution in [3.8, 4) is 0 Å². The molecular weight excluding hydrogens is 224 g/mol. The minimum absolute atomic E-state index is 0.150. The molecule has 1 amide bonds. The van der Waals surface area contributed by atoms with E-state index in [1.807, 2.05) is 0 Å². The van der Waals surface area contributed by atoms with E-state index in [0.29, 0.717) is 13.0 Å². The summed E-state index contributed by atoms with van der Waals surface area (Å²) in [6.07, 6.45) is 2.05. The van der Waals surface area contributed by atoms with Gasteiger partial charge in [0.15, 0.2) is 0 Å². The molecule has 1 rings (SSSR count). The SMILES string of the molecule is COC(CN)CC(=O)N1CCCC[C@H]1C(=O)O. The normalized spacial score (nSPS) is 22.2. The molecule has 1 aliphatic rings. The highest BCUT2D eigenvalue weighted by molar-refractivity contribution is 5.84. The molecule has 0 spiro atoms. The zero-order valence-corrected chi connectivity index (χ0v) is 10.1. The minimum atomic E-state index is -0.931. The van der Waals surface area contributed by atoms with Crippen LogP contribution in [0.4, 0.5) is 0 Å². The number of methoxy groups -OCH3 is 1. The third-order valence-electron chi connectivity index (χ3n) is 3.11. The Kier molecular flexibility index (Phi) is 5.37. The standard InChI is InChI=1S/C11H20N2O4/c1-17-8(7-12)6-10(14)13-5-3-2-4-9(13)11(15)16/h8-9H,2-7,12H2,1H3,(H,15,16)/t8?,9-/m0/s1. The monoisotopic (exact) mass is 244 g/mol. The molecule has 1 aliphatic heterocycles. The fourth-order valence-electron chi connectivity index (χ4n) is 2.06. The Morgan fingerprint density at radius 1 is 1.53 bits per heavy atom. The molecule has 1 heterocycles.